The molecule has 0 atom stereocenters. The molecule has 0 bridgehead atoms. The monoisotopic (exact) mass is 502 g/mol. The summed E-state index contributed by atoms with van der Waals surface area (Å²) in [6.07, 6.45) is 2.43. The molecule has 7 nitrogen and oxygen atoms in total. The van der Waals surface area contributed by atoms with E-state index < -0.39 is 5.82 Å². The molecular weight excluding hydrogens is 471 g/mol. The predicted molar refractivity (Wildman–Crippen MR) is 135 cm³/mol. The quantitative estimate of drug-likeness (QED) is 0.619. The van der Waals surface area contributed by atoms with Crippen LogP contribution >= 0.6 is 11.6 Å². The van der Waals surface area contributed by atoms with Crippen molar-refractivity contribution in [2.75, 3.05) is 18.5 Å². The van der Waals surface area contributed by atoms with Gasteiger partial charge >= 0.3 is 0 Å². The van der Waals surface area contributed by atoms with Crippen LogP contribution in [0.5, 0.6) is 0 Å². The highest BCUT2D eigenvalue weighted by atomic mass is 35.5. The molecule has 0 radical (unpaired) electrons. The van der Waals surface area contributed by atoms with Crippen LogP contribution < -0.4 is 10.6 Å². The van der Waals surface area contributed by atoms with E-state index in [0.717, 1.165) is 30.9 Å². The Balaban J connectivity index is 0.000000926. The van der Waals surface area contributed by atoms with Gasteiger partial charge in [-0.25, -0.2) is 4.39 Å². The number of hydrogen-bond donors (Lipinski definition) is 1. The first-order chi connectivity index (χ1) is 16.6. The predicted octanol–water partition coefficient (Wildman–Crippen LogP) is 4.66. The number of nitriles is 1. The Morgan fingerprint density at radius 2 is 1.71 bits per heavy atom. The summed E-state index contributed by atoms with van der Waals surface area (Å²) in [7, 11) is 1.64. The Bertz CT molecular complexity index is 1050. The topological polar surface area (TPSA) is 108 Å². The molecule has 2 aromatic carbocycles. The maximum atomic E-state index is 14.6. The Kier molecular flexibility index (Phi) is 12.5. The maximum Gasteiger partial charge on any atom is 0.242 e. The van der Waals surface area contributed by atoms with Crippen LogP contribution in [-0.4, -0.2) is 36.2 Å². The summed E-state index contributed by atoms with van der Waals surface area (Å²) in [6, 6.07) is 12.9. The van der Waals surface area contributed by atoms with Crippen molar-refractivity contribution in [1.29, 1.82) is 5.26 Å². The van der Waals surface area contributed by atoms with E-state index in [4.69, 9.17) is 16.9 Å². The number of carbonyl (C=O) groups excluding carboxylic acids is 3. The Labute approximate surface area is 211 Å². The summed E-state index contributed by atoms with van der Waals surface area (Å²) in [4.78, 5) is 37.6. The van der Waals surface area contributed by atoms with Gasteiger partial charge in [-0.1, -0.05) is 44.0 Å². The fourth-order valence-corrected chi connectivity index (χ4v) is 3.29. The van der Waals surface area contributed by atoms with Gasteiger partial charge in [0.15, 0.2) is 0 Å². The molecule has 0 saturated heterocycles. The number of likely N-dealkylation sites (N-methyl/N-ethyl adjacent to an activating group) is 1. The molecule has 0 aliphatic heterocycles. The Morgan fingerprint density at radius 1 is 1.14 bits per heavy atom. The first-order valence-corrected chi connectivity index (χ1v) is 11.8. The molecule has 188 valence electrons. The summed E-state index contributed by atoms with van der Waals surface area (Å²) >= 11 is 5.89. The molecular formula is C26H32ClFN4O3. The van der Waals surface area contributed by atoms with Crippen molar-refractivity contribution >= 4 is 35.0 Å². The second-order valence-electron chi connectivity index (χ2n) is 7.82. The summed E-state index contributed by atoms with van der Waals surface area (Å²) < 4.78 is 14.6. The molecule has 0 aromatic heterocycles. The number of nitrogens with two attached hydrogens (primary N) is 1. The summed E-state index contributed by atoms with van der Waals surface area (Å²) in [5, 5.41) is 9.55. The third-order valence-corrected chi connectivity index (χ3v) is 5.39. The molecule has 1 saturated carbocycles. The van der Waals surface area contributed by atoms with Crippen LogP contribution in [0.25, 0.3) is 0 Å². The van der Waals surface area contributed by atoms with Crippen LogP contribution in [0.4, 0.5) is 10.1 Å². The molecule has 0 unspecified atom stereocenters. The van der Waals surface area contributed by atoms with Crippen LogP contribution in [0.2, 0.25) is 5.02 Å². The van der Waals surface area contributed by atoms with Crippen LogP contribution in [-0.2, 0) is 20.9 Å². The third kappa shape index (κ3) is 9.38. The van der Waals surface area contributed by atoms with Crippen molar-refractivity contribution in [2.45, 2.75) is 46.6 Å². The molecule has 0 heterocycles. The molecule has 2 N–H and O–H groups in total. The molecule has 1 aliphatic rings. The molecule has 1 aliphatic carbocycles. The van der Waals surface area contributed by atoms with Crippen LogP contribution in [0, 0.1) is 23.1 Å². The number of anilines is 1. The molecule has 1 fully saturated rings. The fraction of sp³-hybridized carbons (Fsp3) is 0.385. The lowest BCUT2D eigenvalue weighted by Crippen LogP contribution is -2.45. The molecule has 2 aromatic rings. The number of hydrogen-bond acceptors (Lipinski definition) is 4. The standard InChI is InChI=1S/C22H21ClFN3O2.C2H5NO.C2H6/c1-26(13-15-5-8-18(23)9-6-15)21(28)14-27(22(29)17-3-2-4-17)20-10-7-16(12-25)11-19(20)24;1-2(3)4;1-2/h5-11,17H,2-4,13-14H2,1H3;1H3,(H2,3,4);1-2H3. The zero-order chi connectivity index (χ0) is 26.5. The van der Waals surface area contributed by atoms with Crippen molar-refractivity contribution in [3.8, 4) is 6.07 Å². The van der Waals surface area contributed by atoms with Crippen LogP contribution in [0.15, 0.2) is 42.5 Å². The Hall–Kier alpha value is -3.44. The smallest absolute Gasteiger partial charge is 0.242 e. The van der Waals surface area contributed by atoms with Crippen molar-refractivity contribution < 1.29 is 18.8 Å². The van der Waals surface area contributed by atoms with Gasteiger partial charge in [0.1, 0.15) is 12.4 Å². The summed E-state index contributed by atoms with van der Waals surface area (Å²) in [5.74, 6) is -1.78. The number of carbonyl (C=O) groups is 3. The van der Waals surface area contributed by atoms with Crippen LogP contribution in [0.1, 0.15) is 51.2 Å². The van der Waals surface area contributed by atoms with Gasteiger partial charge in [-0.05, 0) is 48.7 Å². The minimum atomic E-state index is -0.690. The van der Waals surface area contributed by atoms with Gasteiger partial charge in [0.25, 0.3) is 0 Å². The second-order valence-corrected chi connectivity index (χ2v) is 8.25. The van der Waals surface area contributed by atoms with Crippen LogP contribution in [0.3, 0.4) is 0 Å². The zero-order valence-corrected chi connectivity index (χ0v) is 21.3. The average Bonchev–Trinajstić information content (AvgIpc) is 2.78. The van der Waals surface area contributed by atoms with Gasteiger partial charge in [0, 0.05) is 31.5 Å². The van der Waals surface area contributed by atoms with E-state index >= 15 is 0 Å². The lowest BCUT2D eigenvalue weighted by molar-refractivity contribution is -0.132. The fourth-order valence-electron chi connectivity index (χ4n) is 3.16. The van der Waals surface area contributed by atoms with Gasteiger partial charge in [-0.3, -0.25) is 19.3 Å². The van der Waals surface area contributed by atoms with Gasteiger partial charge < -0.3 is 10.6 Å². The highest BCUT2D eigenvalue weighted by Crippen LogP contribution is 2.31. The van der Waals surface area contributed by atoms with E-state index in [2.05, 4.69) is 5.73 Å². The van der Waals surface area contributed by atoms with Crippen molar-refractivity contribution in [2.24, 2.45) is 11.7 Å². The first-order valence-electron chi connectivity index (χ1n) is 11.4. The molecule has 3 amide bonds. The zero-order valence-electron chi connectivity index (χ0n) is 20.6. The van der Waals surface area contributed by atoms with E-state index in [1.165, 1.54) is 28.9 Å². The number of nitrogens with zero attached hydrogens (tertiary/aromatic N) is 3. The highest BCUT2D eigenvalue weighted by Gasteiger charge is 2.33. The second kappa shape index (κ2) is 14.7. The molecule has 3 rings (SSSR count). The first kappa shape index (κ1) is 29.6. The van der Waals surface area contributed by atoms with E-state index in [9.17, 15) is 18.8 Å². The van der Waals surface area contributed by atoms with Crippen molar-refractivity contribution in [3.63, 3.8) is 0 Å². The summed E-state index contributed by atoms with van der Waals surface area (Å²) in [6.45, 7) is 5.39. The minimum Gasteiger partial charge on any atom is -0.370 e. The lowest BCUT2D eigenvalue weighted by atomic mass is 9.84. The number of amides is 3. The third-order valence-electron chi connectivity index (χ3n) is 5.14. The van der Waals surface area contributed by atoms with Gasteiger partial charge in [0.2, 0.25) is 17.7 Å². The van der Waals surface area contributed by atoms with E-state index in [1.807, 2.05) is 32.0 Å². The largest absolute Gasteiger partial charge is 0.370 e. The van der Waals surface area contributed by atoms with E-state index in [0.29, 0.717) is 11.6 Å². The normalized spacial score (nSPS) is 11.9. The van der Waals surface area contributed by atoms with Gasteiger partial charge in [-0.15, -0.1) is 0 Å². The molecule has 0 spiro atoms. The lowest BCUT2D eigenvalue weighted by Gasteiger charge is -2.32. The van der Waals surface area contributed by atoms with Gasteiger partial charge in [-0.2, -0.15) is 5.26 Å². The maximum absolute atomic E-state index is 14.6. The SMILES string of the molecule is CC.CC(N)=O.CN(Cc1ccc(Cl)cc1)C(=O)CN(C(=O)C1CCC1)c1ccc(C#N)cc1F. The van der Waals surface area contributed by atoms with Crippen molar-refractivity contribution in [3.05, 3.63) is 64.4 Å². The van der Waals surface area contributed by atoms with Gasteiger partial charge in [0.05, 0.1) is 17.3 Å². The number of rotatable bonds is 6. The van der Waals surface area contributed by atoms with E-state index in [-0.39, 0.29) is 41.4 Å². The average molecular weight is 503 g/mol. The number of benzene rings is 2. The molecule has 35 heavy (non-hydrogen) atoms. The number of primary amides is 1. The Morgan fingerprint density at radius 3 is 2.17 bits per heavy atom. The highest BCUT2D eigenvalue weighted by molar-refractivity contribution is 6.30. The van der Waals surface area contributed by atoms with E-state index in [1.54, 1.807) is 19.2 Å². The molecule has 9 heteroatoms. The minimum absolute atomic E-state index is 0.0224. The number of halogens is 2. The summed E-state index contributed by atoms with van der Waals surface area (Å²) in [5.41, 5.74) is 5.55. The van der Waals surface area contributed by atoms with Crippen molar-refractivity contribution in [1.82, 2.24) is 4.90 Å².